The summed E-state index contributed by atoms with van der Waals surface area (Å²) in [6.07, 6.45) is 6.81. The summed E-state index contributed by atoms with van der Waals surface area (Å²) in [6, 6.07) is 29.6. The Morgan fingerprint density at radius 2 is 1.14 bits per heavy atom. The van der Waals surface area contributed by atoms with Crippen molar-refractivity contribution in [2.24, 2.45) is 8.80 Å². The van der Waals surface area contributed by atoms with Gasteiger partial charge in [-0.25, -0.2) is 9.97 Å². The molecule has 6 aromatic rings. The number of sulfonamides is 2. The van der Waals surface area contributed by atoms with E-state index in [4.69, 9.17) is 14.1 Å². The second-order valence-corrected chi connectivity index (χ2v) is 17.5. The quantitative estimate of drug-likeness (QED) is 0.116. The van der Waals surface area contributed by atoms with Crippen molar-refractivity contribution in [1.29, 1.82) is 5.26 Å². The van der Waals surface area contributed by atoms with Crippen LogP contribution in [0, 0.1) is 14.9 Å². The minimum absolute atomic E-state index is 0.00729. The molecule has 0 amide bonds. The number of hydrogen-bond donors (Lipinski definition) is 2. The first-order valence-electron chi connectivity index (χ1n) is 17.9. The van der Waals surface area contributed by atoms with Gasteiger partial charge in [0.2, 0.25) is 11.8 Å². The number of oxazole rings is 2. The maximum Gasteiger partial charge on any atom is 0.286 e. The van der Waals surface area contributed by atoms with Gasteiger partial charge in [-0.05, 0) is 95.1 Å². The summed E-state index contributed by atoms with van der Waals surface area (Å²) in [4.78, 5) is 34.1. The van der Waals surface area contributed by atoms with Crippen LogP contribution in [0.2, 0.25) is 0 Å². The van der Waals surface area contributed by atoms with Gasteiger partial charge in [-0.3, -0.25) is 9.59 Å². The Balaban J connectivity index is 0.000000179. The van der Waals surface area contributed by atoms with Crippen LogP contribution in [0.1, 0.15) is 66.0 Å². The van der Waals surface area contributed by atoms with Crippen molar-refractivity contribution in [3.8, 4) is 6.07 Å². The van der Waals surface area contributed by atoms with Gasteiger partial charge in [0.05, 0.1) is 47.2 Å². The molecule has 2 atom stereocenters. The van der Waals surface area contributed by atoms with Crippen molar-refractivity contribution in [2.45, 2.75) is 47.3 Å². The Morgan fingerprint density at radius 3 is 1.59 bits per heavy atom. The number of aromatic nitrogens is 2. The minimum atomic E-state index is -3.94. The molecule has 2 aliphatic heterocycles. The number of nitrogens with zero attached hydrogens (tertiary/aromatic N) is 5. The molecule has 2 aliphatic rings. The zero-order valence-corrected chi connectivity index (χ0v) is 34.5. The first-order valence-corrected chi connectivity index (χ1v) is 21.9. The van der Waals surface area contributed by atoms with E-state index in [0.717, 1.165) is 14.7 Å². The molecule has 15 nitrogen and oxygen atoms in total. The van der Waals surface area contributed by atoms with Crippen LogP contribution in [-0.2, 0) is 29.6 Å². The number of carbonyl (C=O) groups excluding carboxylic acids is 2. The molecule has 4 heterocycles. The SMILES string of the molecule is N#Cc1cccc(C(CCC(=O)C2=NS(=O)(=O)c3ccccc3N2)c2ncco2)c1.O=C(CCC(c1cccc(I)c1)c1ncco1)C1=NS(=O)(=O)c2ccccc2N1. The highest BCUT2D eigenvalue weighted by Gasteiger charge is 2.30. The smallest absolute Gasteiger partial charge is 0.286 e. The van der Waals surface area contributed by atoms with E-state index in [1.807, 2.05) is 30.3 Å². The number of rotatable bonds is 12. The Morgan fingerprint density at radius 1 is 0.661 bits per heavy atom. The highest BCUT2D eigenvalue weighted by Crippen LogP contribution is 2.33. The molecule has 8 rings (SSSR count). The largest absolute Gasteiger partial charge is 0.448 e. The van der Waals surface area contributed by atoms with E-state index in [9.17, 15) is 26.4 Å². The van der Waals surface area contributed by atoms with E-state index in [-0.39, 0.29) is 51.9 Å². The number of benzene rings is 4. The molecule has 0 spiro atoms. The van der Waals surface area contributed by atoms with Crippen molar-refractivity contribution in [1.82, 2.24) is 9.97 Å². The van der Waals surface area contributed by atoms with E-state index in [1.54, 1.807) is 60.8 Å². The summed E-state index contributed by atoms with van der Waals surface area (Å²) in [5.41, 5.74) is 2.91. The Bertz CT molecular complexity index is 2860. The summed E-state index contributed by atoms with van der Waals surface area (Å²) < 4.78 is 68.8. The number of fused-ring (bicyclic) bond motifs is 2. The fourth-order valence-corrected chi connectivity index (χ4v) is 9.32. The molecular formula is C41H32IN7O8S2. The molecule has 59 heavy (non-hydrogen) atoms. The van der Waals surface area contributed by atoms with E-state index in [0.29, 0.717) is 41.6 Å². The van der Waals surface area contributed by atoms with Crippen LogP contribution in [0.4, 0.5) is 11.4 Å². The van der Waals surface area contributed by atoms with Crippen LogP contribution in [0.25, 0.3) is 0 Å². The van der Waals surface area contributed by atoms with Crippen molar-refractivity contribution in [3.63, 3.8) is 0 Å². The van der Waals surface area contributed by atoms with Gasteiger partial charge in [0.25, 0.3) is 20.0 Å². The van der Waals surface area contributed by atoms with Gasteiger partial charge in [-0.2, -0.15) is 22.1 Å². The second kappa shape index (κ2) is 17.7. The number of ketones is 2. The van der Waals surface area contributed by atoms with Gasteiger partial charge in [-0.1, -0.05) is 48.5 Å². The van der Waals surface area contributed by atoms with Gasteiger partial charge >= 0.3 is 0 Å². The number of nitriles is 1. The number of anilines is 2. The average Bonchev–Trinajstić information content (AvgIpc) is 3.97. The lowest BCUT2D eigenvalue weighted by Crippen LogP contribution is -2.29. The third kappa shape index (κ3) is 9.54. The Hall–Kier alpha value is -6.30. The average molecular weight is 942 g/mol. The first-order chi connectivity index (χ1) is 28.4. The fraction of sp³-hybridized carbons (Fsp3) is 0.146. The topological polar surface area (TPSA) is 227 Å². The standard InChI is InChI=1S/C21H16N4O4S.C20H16IN3O4S/c22-13-14-4-3-5-15(12-14)16(21-23-10-11-29-21)8-9-18(26)20-24-17-6-1-2-7-19(17)30(27,28)25-20;21-14-5-3-4-13(12-14)15(20-22-10-11-28-20)8-9-17(25)19-23-16-6-1-2-7-18(16)29(26,27)24-19/h1-7,10-12,16H,8-9H2,(H,24,25);1-7,10-12,15H,8-9H2,(H,23,24). The lowest BCUT2D eigenvalue weighted by molar-refractivity contribution is -0.113. The van der Waals surface area contributed by atoms with Crippen LogP contribution in [0.3, 0.4) is 0 Å². The van der Waals surface area contributed by atoms with E-state index in [1.165, 1.54) is 30.9 Å². The van der Waals surface area contributed by atoms with Crippen LogP contribution >= 0.6 is 22.6 Å². The molecular weight excluding hydrogens is 910 g/mol. The minimum Gasteiger partial charge on any atom is -0.448 e. The third-order valence-corrected chi connectivity index (χ3v) is 12.6. The monoisotopic (exact) mass is 941 g/mol. The van der Waals surface area contributed by atoms with E-state index in [2.05, 4.69) is 58.1 Å². The van der Waals surface area contributed by atoms with Gasteiger partial charge in [0.15, 0.2) is 23.2 Å². The third-order valence-electron chi connectivity index (χ3n) is 9.28. The van der Waals surface area contributed by atoms with Crippen molar-refractivity contribution in [3.05, 3.63) is 154 Å². The number of nitrogens with one attached hydrogen (secondary N) is 2. The zero-order chi connectivity index (χ0) is 41.6. The van der Waals surface area contributed by atoms with Gasteiger partial charge in [0, 0.05) is 16.4 Å². The number of Topliss-reactive ketones (excluding diaryl/α,β-unsaturated/α-hetero) is 2. The lowest BCUT2D eigenvalue weighted by atomic mass is 9.92. The Labute approximate surface area is 352 Å². The molecule has 2 aromatic heterocycles. The van der Waals surface area contributed by atoms with Crippen molar-refractivity contribution in [2.75, 3.05) is 10.6 Å². The summed E-state index contributed by atoms with van der Waals surface area (Å²) in [5, 5.41) is 14.8. The lowest BCUT2D eigenvalue weighted by Gasteiger charge is -2.18. The number of carbonyl (C=O) groups is 2. The molecule has 2 N–H and O–H groups in total. The van der Waals surface area contributed by atoms with Crippen LogP contribution in [0.15, 0.2) is 149 Å². The van der Waals surface area contributed by atoms with E-state index < -0.39 is 25.8 Å². The molecule has 0 aliphatic carbocycles. The maximum absolute atomic E-state index is 12.8. The number of halogens is 1. The second-order valence-electron chi connectivity index (χ2n) is 13.1. The molecule has 0 radical (unpaired) electrons. The van der Waals surface area contributed by atoms with Gasteiger partial charge in [-0.15, -0.1) is 8.80 Å². The van der Waals surface area contributed by atoms with Crippen LogP contribution in [-0.4, -0.2) is 50.0 Å². The van der Waals surface area contributed by atoms with Crippen molar-refractivity contribution < 1.29 is 35.3 Å². The highest BCUT2D eigenvalue weighted by atomic mass is 127. The molecule has 298 valence electrons. The molecule has 0 saturated carbocycles. The Kier molecular flexibility index (Phi) is 12.2. The zero-order valence-electron chi connectivity index (χ0n) is 30.7. The maximum atomic E-state index is 12.8. The summed E-state index contributed by atoms with van der Waals surface area (Å²) in [6.45, 7) is 0. The van der Waals surface area contributed by atoms with Crippen LogP contribution in [0.5, 0.6) is 0 Å². The highest BCUT2D eigenvalue weighted by molar-refractivity contribution is 14.1. The van der Waals surface area contributed by atoms with Gasteiger partial charge < -0.3 is 19.5 Å². The first kappa shape index (κ1) is 40.9. The molecule has 4 aromatic carbocycles. The van der Waals surface area contributed by atoms with Crippen molar-refractivity contribution >= 4 is 77.2 Å². The molecule has 0 fully saturated rings. The number of para-hydroxylation sites is 2. The fourth-order valence-electron chi connectivity index (χ4n) is 6.48. The summed E-state index contributed by atoms with van der Waals surface area (Å²) in [5.74, 6) is -0.887. The summed E-state index contributed by atoms with van der Waals surface area (Å²) in [7, 11) is -7.84. The predicted molar refractivity (Wildman–Crippen MR) is 225 cm³/mol. The number of amidine groups is 2. The van der Waals surface area contributed by atoms with Gasteiger partial charge in [0.1, 0.15) is 22.3 Å². The van der Waals surface area contributed by atoms with Crippen LogP contribution < -0.4 is 10.6 Å². The summed E-state index contributed by atoms with van der Waals surface area (Å²) >= 11 is 2.22. The normalized spacial score (nSPS) is 15.5. The molecule has 0 saturated heterocycles. The molecule has 18 heteroatoms. The molecule has 0 bridgehead atoms. The molecule has 2 unspecified atom stereocenters. The number of hydrogen-bond acceptors (Lipinski definition) is 13. The predicted octanol–water partition coefficient (Wildman–Crippen LogP) is 7.21. The van der Waals surface area contributed by atoms with E-state index >= 15 is 0 Å².